The van der Waals surface area contributed by atoms with Crippen molar-refractivity contribution in [2.45, 2.75) is 38.1 Å². The molecule has 1 saturated heterocycles. The number of methoxy groups -OCH3 is 3. The van der Waals surface area contributed by atoms with Gasteiger partial charge in [0.15, 0.2) is 12.0 Å². The normalized spacial score (nSPS) is 18.9. The van der Waals surface area contributed by atoms with Crippen LogP contribution >= 0.6 is 11.3 Å². The molecule has 4 rings (SSSR count). The summed E-state index contributed by atoms with van der Waals surface area (Å²) in [5.74, 6) is 0.0828. The standard InChI is InChI=1S/C21H28N6O6S/c1-12-7-8-22-27(12)21-25-24-20(34-21)23-18(28)16-9-15(17(32-4)19(29)33-16)26-13(10-30-2)5-6-14(26)11-31-3/h7-9,13-14,18,28H,5-6,10-11H2,1-4H3,(H,23,24)/t13-,14-,18?/m0/s1. The van der Waals surface area contributed by atoms with Gasteiger partial charge in [-0.1, -0.05) is 11.3 Å². The van der Waals surface area contributed by atoms with E-state index >= 15 is 0 Å². The monoisotopic (exact) mass is 492 g/mol. The number of nitrogens with zero attached hydrogens (tertiary/aromatic N) is 5. The molecule has 1 fully saturated rings. The lowest BCUT2D eigenvalue weighted by atomic mass is 10.2. The molecule has 1 unspecified atom stereocenters. The van der Waals surface area contributed by atoms with Crippen LogP contribution < -0.4 is 20.6 Å². The Kier molecular flexibility index (Phi) is 7.46. The largest absolute Gasteiger partial charge is 0.488 e. The SMILES string of the molecule is COC[C@@H]1CC[C@@H](COC)N1c1cc(C(O)Nc2nnc(-n3nccc3C)s2)oc(=O)c1OC. The van der Waals surface area contributed by atoms with Crippen molar-refractivity contribution in [3.63, 3.8) is 0 Å². The van der Waals surface area contributed by atoms with Crippen molar-refractivity contribution < 1.29 is 23.7 Å². The summed E-state index contributed by atoms with van der Waals surface area (Å²) in [4.78, 5) is 14.8. The van der Waals surface area contributed by atoms with Gasteiger partial charge < -0.3 is 34.0 Å². The van der Waals surface area contributed by atoms with E-state index < -0.39 is 11.9 Å². The second kappa shape index (κ2) is 10.5. The lowest BCUT2D eigenvalue weighted by molar-refractivity contribution is 0.164. The summed E-state index contributed by atoms with van der Waals surface area (Å²) in [6, 6.07) is 3.49. The number of aliphatic hydroxyl groups is 1. The average molecular weight is 493 g/mol. The molecule has 0 spiro atoms. The topological polar surface area (TPSA) is 137 Å². The number of nitrogens with one attached hydrogen (secondary N) is 1. The van der Waals surface area contributed by atoms with E-state index in [0.717, 1.165) is 18.5 Å². The Hall–Kier alpha value is -3.00. The van der Waals surface area contributed by atoms with Crippen LogP contribution in [0, 0.1) is 6.92 Å². The maximum absolute atomic E-state index is 12.8. The summed E-state index contributed by atoms with van der Waals surface area (Å²) in [6.45, 7) is 2.84. The van der Waals surface area contributed by atoms with E-state index in [0.29, 0.717) is 29.2 Å². The van der Waals surface area contributed by atoms with Gasteiger partial charge in [-0.3, -0.25) is 0 Å². The Labute approximate surface area is 200 Å². The molecule has 0 amide bonds. The van der Waals surface area contributed by atoms with Crippen LogP contribution in [0.2, 0.25) is 0 Å². The van der Waals surface area contributed by atoms with E-state index in [1.807, 2.05) is 13.0 Å². The van der Waals surface area contributed by atoms with E-state index in [4.69, 9.17) is 18.6 Å². The van der Waals surface area contributed by atoms with Crippen molar-refractivity contribution in [3.05, 3.63) is 40.2 Å². The van der Waals surface area contributed by atoms with Crippen LogP contribution in [-0.4, -0.2) is 71.7 Å². The predicted molar refractivity (Wildman–Crippen MR) is 125 cm³/mol. The molecule has 0 bridgehead atoms. The summed E-state index contributed by atoms with van der Waals surface area (Å²) < 4.78 is 23.2. The third kappa shape index (κ3) is 4.78. The summed E-state index contributed by atoms with van der Waals surface area (Å²) >= 11 is 1.20. The number of ether oxygens (including phenoxy) is 3. The van der Waals surface area contributed by atoms with Gasteiger partial charge in [-0.25, -0.2) is 9.48 Å². The first-order valence-corrected chi connectivity index (χ1v) is 11.6. The zero-order valence-corrected chi connectivity index (χ0v) is 20.2. The highest BCUT2D eigenvalue weighted by Gasteiger charge is 2.36. The second-order valence-electron chi connectivity index (χ2n) is 7.88. The first kappa shape index (κ1) is 24.1. The van der Waals surface area contributed by atoms with Gasteiger partial charge in [0.05, 0.1) is 38.1 Å². The molecule has 1 aliphatic heterocycles. The quantitative estimate of drug-likeness (QED) is 0.400. The molecular weight excluding hydrogens is 464 g/mol. The van der Waals surface area contributed by atoms with Crippen molar-refractivity contribution in [1.29, 1.82) is 0 Å². The Morgan fingerprint density at radius 1 is 1.24 bits per heavy atom. The first-order chi connectivity index (χ1) is 16.5. The minimum absolute atomic E-state index is 0.0156. The predicted octanol–water partition coefficient (Wildman–Crippen LogP) is 1.73. The van der Waals surface area contributed by atoms with Crippen molar-refractivity contribution in [2.75, 3.05) is 44.8 Å². The van der Waals surface area contributed by atoms with E-state index in [2.05, 4.69) is 25.5 Å². The zero-order valence-electron chi connectivity index (χ0n) is 19.4. The van der Waals surface area contributed by atoms with Crippen LogP contribution in [0.1, 0.15) is 30.5 Å². The highest BCUT2D eigenvalue weighted by Crippen LogP contribution is 2.37. The van der Waals surface area contributed by atoms with Crippen LogP contribution in [0.5, 0.6) is 5.75 Å². The number of aromatic nitrogens is 4. The van der Waals surface area contributed by atoms with Gasteiger partial charge in [0.2, 0.25) is 16.0 Å². The molecule has 12 nitrogen and oxygen atoms in total. The number of anilines is 2. The molecule has 0 saturated carbocycles. The van der Waals surface area contributed by atoms with Crippen molar-refractivity contribution >= 4 is 22.2 Å². The third-order valence-electron chi connectivity index (χ3n) is 5.69. The number of aliphatic hydroxyl groups excluding tert-OH is 1. The smallest absolute Gasteiger partial charge is 0.381 e. The molecule has 13 heteroatoms. The fourth-order valence-electron chi connectivity index (χ4n) is 4.19. The number of hydrogen-bond donors (Lipinski definition) is 2. The molecular formula is C21H28N6O6S. The van der Waals surface area contributed by atoms with Gasteiger partial charge in [0.25, 0.3) is 0 Å². The Bertz CT molecular complexity index is 1150. The molecule has 4 heterocycles. The third-order valence-corrected chi connectivity index (χ3v) is 6.52. The van der Waals surface area contributed by atoms with E-state index in [1.54, 1.807) is 31.2 Å². The minimum atomic E-state index is -1.35. The van der Waals surface area contributed by atoms with E-state index in [9.17, 15) is 9.90 Å². The second-order valence-corrected chi connectivity index (χ2v) is 8.83. The number of aryl methyl sites for hydroxylation is 1. The van der Waals surface area contributed by atoms with Crippen LogP contribution in [0.25, 0.3) is 5.13 Å². The molecule has 0 aromatic carbocycles. The summed E-state index contributed by atoms with van der Waals surface area (Å²) in [6.07, 6.45) is 2.04. The van der Waals surface area contributed by atoms with Gasteiger partial charge in [-0.05, 0) is 25.8 Å². The Morgan fingerprint density at radius 2 is 1.94 bits per heavy atom. The van der Waals surface area contributed by atoms with E-state index in [1.165, 1.54) is 18.4 Å². The van der Waals surface area contributed by atoms with Gasteiger partial charge in [0, 0.05) is 32.2 Å². The Balaban J connectivity index is 1.63. The summed E-state index contributed by atoms with van der Waals surface area (Å²) in [7, 11) is 4.69. The van der Waals surface area contributed by atoms with E-state index in [-0.39, 0.29) is 23.6 Å². The van der Waals surface area contributed by atoms with Crippen LogP contribution in [0.15, 0.2) is 27.5 Å². The van der Waals surface area contributed by atoms with Crippen LogP contribution in [0.4, 0.5) is 10.8 Å². The minimum Gasteiger partial charge on any atom is -0.488 e. The summed E-state index contributed by atoms with van der Waals surface area (Å²) in [5.41, 5.74) is 0.720. The molecule has 1 aliphatic rings. The van der Waals surface area contributed by atoms with Gasteiger partial charge in [-0.15, -0.1) is 10.2 Å². The fraction of sp³-hybridized carbons (Fsp3) is 0.524. The lowest BCUT2D eigenvalue weighted by Crippen LogP contribution is -2.41. The molecule has 3 aromatic rings. The zero-order chi connectivity index (χ0) is 24.2. The highest BCUT2D eigenvalue weighted by molar-refractivity contribution is 7.17. The van der Waals surface area contributed by atoms with Crippen molar-refractivity contribution in [3.8, 4) is 10.9 Å². The molecule has 3 atom stereocenters. The average Bonchev–Trinajstić information content (AvgIpc) is 3.54. The molecule has 3 aromatic heterocycles. The maximum atomic E-state index is 12.8. The van der Waals surface area contributed by atoms with Gasteiger partial charge in [-0.2, -0.15) is 5.10 Å². The van der Waals surface area contributed by atoms with Crippen LogP contribution in [0.3, 0.4) is 0 Å². The van der Waals surface area contributed by atoms with Gasteiger partial charge >= 0.3 is 5.63 Å². The van der Waals surface area contributed by atoms with Crippen molar-refractivity contribution in [1.82, 2.24) is 20.0 Å². The molecule has 0 radical (unpaired) electrons. The fourth-order valence-corrected chi connectivity index (χ4v) is 4.97. The van der Waals surface area contributed by atoms with Crippen molar-refractivity contribution in [2.24, 2.45) is 0 Å². The van der Waals surface area contributed by atoms with Gasteiger partial charge in [0.1, 0.15) is 0 Å². The maximum Gasteiger partial charge on any atom is 0.381 e. The summed E-state index contributed by atoms with van der Waals surface area (Å²) in [5, 5.41) is 26.9. The molecule has 2 N–H and O–H groups in total. The Morgan fingerprint density at radius 3 is 2.53 bits per heavy atom. The molecule has 0 aliphatic carbocycles. The molecule has 34 heavy (non-hydrogen) atoms. The highest BCUT2D eigenvalue weighted by atomic mass is 32.1. The first-order valence-electron chi connectivity index (χ1n) is 10.7. The number of rotatable bonds is 10. The van der Waals surface area contributed by atoms with Crippen LogP contribution in [-0.2, 0) is 9.47 Å². The molecule has 184 valence electrons. The number of hydrogen-bond acceptors (Lipinski definition) is 12. The lowest BCUT2D eigenvalue weighted by Gasteiger charge is -2.33.